The average molecular weight is 262 g/mol. The van der Waals surface area contributed by atoms with Gasteiger partial charge in [0.15, 0.2) is 0 Å². The van der Waals surface area contributed by atoms with Gasteiger partial charge in [-0.2, -0.15) is 0 Å². The van der Waals surface area contributed by atoms with Crippen molar-refractivity contribution >= 4 is 6.09 Å². The lowest BCUT2D eigenvalue weighted by atomic mass is 10.1. The molecule has 0 bridgehead atoms. The third-order valence-electron chi connectivity index (χ3n) is 2.22. The number of nitrogens with zero attached hydrogens (tertiary/aromatic N) is 3. The number of ether oxygens (including phenoxy) is 1. The quantitative estimate of drug-likeness (QED) is 0.511. The van der Waals surface area contributed by atoms with Crippen LogP contribution < -0.4 is 5.32 Å². The van der Waals surface area contributed by atoms with Gasteiger partial charge in [-0.15, -0.1) is 0 Å². The molecule has 1 N–H and O–H groups in total. The summed E-state index contributed by atoms with van der Waals surface area (Å²) in [6, 6.07) is 8.91. The summed E-state index contributed by atoms with van der Waals surface area (Å²) in [5.41, 5.74) is 8.69. The highest BCUT2D eigenvalue weighted by molar-refractivity contribution is 5.68. The van der Waals surface area contributed by atoms with Gasteiger partial charge in [-0.3, -0.25) is 0 Å². The molecule has 0 spiro atoms. The monoisotopic (exact) mass is 262 g/mol. The Kier molecular flexibility index (Phi) is 5.21. The molecule has 0 aromatic heterocycles. The van der Waals surface area contributed by atoms with E-state index in [4.69, 9.17) is 10.3 Å². The van der Waals surface area contributed by atoms with E-state index >= 15 is 0 Å². The Hall–Kier alpha value is -2.20. The van der Waals surface area contributed by atoms with Crippen molar-refractivity contribution in [1.82, 2.24) is 5.32 Å². The second-order valence-corrected chi connectivity index (χ2v) is 5.02. The molecule has 6 heteroatoms. The van der Waals surface area contributed by atoms with Gasteiger partial charge in [0.1, 0.15) is 5.60 Å². The molecule has 0 radical (unpaired) electrons. The Labute approximate surface area is 112 Å². The number of alkyl carbamates (subject to hydrolysis) is 1. The molecule has 1 aromatic rings. The van der Waals surface area contributed by atoms with Crippen LogP contribution >= 0.6 is 0 Å². The zero-order chi connectivity index (χ0) is 14.3. The smallest absolute Gasteiger partial charge is 0.408 e. The first-order valence-electron chi connectivity index (χ1n) is 5.97. The number of amides is 1. The van der Waals surface area contributed by atoms with Crippen LogP contribution in [0, 0.1) is 0 Å². The van der Waals surface area contributed by atoms with Crippen LogP contribution in [0.3, 0.4) is 0 Å². The average Bonchev–Trinajstić information content (AvgIpc) is 2.33. The SMILES string of the molecule is CC(C)(C)OC(=O)N[C@@H](CN=[N+]=[N-])c1ccccc1. The highest BCUT2D eigenvalue weighted by Crippen LogP contribution is 2.15. The van der Waals surface area contributed by atoms with E-state index in [1.165, 1.54) is 0 Å². The third-order valence-corrected chi connectivity index (χ3v) is 2.22. The van der Waals surface area contributed by atoms with Crippen LogP contribution in [-0.2, 0) is 4.74 Å². The van der Waals surface area contributed by atoms with Crippen molar-refractivity contribution in [2.45, 2.75) is 32.4 Å². The molecule has 1 aromatic carbocycles. The van der Waals surface area contributed by atoms with Crippen molar-refractivity contribution in [3.8, 4) is 0 Å². The van der Waals surface area contributed by atoms with Gasteiger partial charge >= 0.3 is 6.09 Å². The summed E-state index contributed by atoms with van der Waals surface area (Å²) >= 11 is 0. The number of carbonyl (C=O) groups is 1. The lowest BCUT2D eigenvalue weighted by Crippen LogP contribution is -2.36. The maximum Gasteiger partial charge on any atom is 0.408 e. The summed E-state index contributed by atoms with van der Waals surface area (Å²) < 4.78 is 5.18. The molecule has 0 aliphatic carbocycles. The summed E-state index contributed by atoms with van der Waals surface area (Å²) in [4.78, 5) is 14.5. The van der Waals surface area contributed by atoms with Crippen LogP contribution in [0.25, 0.3) is 10.4 Å². The van der Waals surface area contributed by atoms with E-state index in [0.717, 1.165) is 5.56 Å². The fourth-order valence-electron chi connectivity index (χ4n) is 1.49. The van der Waals surface area contributed by atoms with Crippen LogP contribution in [0.4, 0.5) is 4.79 Å². The minimum atomic E-state index is -0.566. The van der Waals surface area contributed by atoms with Crippen LogP contribution in [0.5, 0.6) is 0 Å². The Morgan fingerprint density at radius 3 is 2.58 bits per heavy atom. The van der Waals surface area contributed by atoms with Crippen LogP contribution in [0.15, 0.2) is 35.4 Å². The Morgan fingerprint density at radius 1 is 1.42 bits per heavy atom. The number of benzene rings is 1. The Balaban J connectivity index is 2.76. The van der Waals surface area contributed by atoms with Gasteiger partial charge in [0, 0.05) is 4.91 Å². The predicted molar refractivity (Wildman–Crippen MR) is 72.6 cm³/mol. The second kappa shape index (κ2) is 6.66. The molecule has 6 nitrogen and oxygen atoms in total. The van der Waals surface area contributed by atoms with Gasteiger partial charge in [0.25, 0.3) is 0 Å². The molecular formula is C13H18N4O2. The highest BCUT2D eigenvalue weighted by Gasteiger charge is 2.19. The lowest BCUT2D eigenvalue weighted by Gasteiger charge is -2.23. The van der Waals surface area contributed by atoms with E-state index in [9.17, 15) is 4.79 Å². The molecular weight excluding hydrogens is 244 g/mol. The Morgan fingerprint density at radius 2 is 2.05 bits per heavy atom. The zero-order valence-electron chi connectivity index (χ0n) is 11.3. The van der Waals surface area contributed by atoms with E-state index in [2.05, 4.69) is 15.3 Å². The number of hydrogen-bond donors (Lipinski definition) is 1. The maximum absolute atomic E-state index is 11.7. The van der Waals surface area contributed by atoms with Gasteiger partial charge in [0.2, 0.25) is 0 Å². The van der Waals surface area contributed by atoms with E-state index in [-0.39, 0.29) is 6.54 Å². The maximum atomic E-state index is 11.7. The largest absolute Gasteiger partial charge is 0.444 e. The molecule has 0 saturated carbocycles. The molecule has 102 valence electrons. The second-order valence-electron chi connectivity index (χ2n) is 5.02. The van der Waals surface area contributed by atoms with Gasteiger partial charge < -0.3 is 10.1 Å². The summed E-state index contributed by atoms with van der Waals surface area (Å²) in [6.07, 6.45) is -0.533. The lowest BCUT2D eigenvalue weighted by molar-refractivity contribution is 0.0505. The molecule has 0 fully saturated rings. The van der Waals surface area contributed by atoms with Crippen molar-refractivity contribution < 1.29 is 9.53 Å². The van der Waals surface area contributed by atoms with Crippen molar-refractivity contribution in [3.05, 3.63) is 46.3 Å². The standard InChI is InChI=1S/C13H18N4O2/c1-13(2,3)19-12(18)16-11(9-15-17-14)10-7-5-4-6-8-10/h4-8,11H,9H2,1-3H3,(H,16,18)/t11-/m0/s1. The minimum absolute atomic E-state index is 0.139. The van der Waals surface area contributed by atoms with Gasteiger partial charge in [0.05, 0.1) is 12.6 Å². The third kappa shape index (κ3) is 5.79. The van der Waals surface area contributed by atoms with Crippen LogP contribution in [0.2, 0.25) is 0 Å². The van der Waals surface area contributed by atoms with Crippen LogP contribution in [0.1, 0.15) is 32.4 Å². The number of azide groups is 1. The van der Waals surface area contributed by atoms with E-state index in [1.807, 2.05) is 30.3 Å². The molecule has 1 atom stereocenters. The first kappa shape index (κ1) is 14.9. The summed E-state index contributed by atoms with van der Waals surface area (Å²) in [6.45, 7) is 5.51. The predicted octanol–water partition coefficient (Wildman–Crippen LogP) is 3.56. The first-order valence-corrected chi connectivity index (χ1v) is 5.97. The molecule has 19 heavy (non-hydrogen) atoms. The van der Waals surface area contributed by atoms with Crippen LogP contribution in [-0.4, -0.2) is 18.2 Å². The fourth-order valence-corrected chi connectivity index (χ4v) is 1.49. The van der Waals surface area contributed by atoms with Gasteiger partial charge in [-0.25, -0.2) is 4.79 Å². The van der Waals surface area contributed by atoms with Crippen molar-refractivity contribution in [1.29, 1.82) is 0 Å². The van der Waals surface area contributed by atoms with Gasteiger partial charge in [-0.1, -0.05) is 35.4 Å². The molecule has 0 saturated heterocycles. The molecule has 1 amide bonds. The topological polar surface area (TPSA) is 87.1 Å². The highest BCUT2D eigenvalue weighted by atomic mass is 16.6. The Bertz CT molecular complexity index is 461. The normalized spacial score (nSPS) is 12.2. The number of carbonyl (C=O) groups excluding carboxylic acids is 1. The van der Waals surface area contributed by atoms with E-state index in [1.54, 1.807) is 20.8 Å². The van der Waals surface area contributed by atoms with Crippen molar-refractivity contribution in [2.75, 3.05) is 6.54 Å². The van der Waals surface area contributed by atoms with E-state index in [0.29, 0.717) is 0 Å². The molecule has 1 rings (SSSR count). The molecule has 0 aliphatic rings. The number of hydrogen-bond acceptors (Lipinski definition) is 3. The zero-order valence-corrected chi connectivity index (χ0v) is 11.3. The number of rotatable bonds is 4. The summed E-state index contributed by atoms with van der Waals surface area (Å²) in [5, 5.41) is 6.21. The van der Waals surface area contributed by atoms with E-state index < -0.39 is 17.7 Å². The summed E-state index contributed by atoms with van der Waals surface area (Å²) in [7, 11) is 0. The molecule has 0 unspecified atom stereocenters. The van der Waals surface area contributed by atoms with Crippen molar-refractivity contribution in [2.24, 2.45) is 5.11 Å². The fraction of sp³-hybridized carbons (Fsp3) is 0.462. The molecule has 0 heterocycles. The molecule has 0 aliphatic heterocycles. The van der Waals surface area contributed by atoms with Crippen molar-refractivity contribution in [3.63, 3.8) is 0 Å². The summed E-state index contributed by atoms with van der Waals surface area (Å²) in [5.74, 6) is 0. The number of nitrogens with one attached hydrogen (secondary N) is 1. The van der Waals surface area contributed by atoms with Gasteiger partial charge in [-0.05, 0) is 31.9 Å². The first-order chi connectivity index (χ1) is 8.92. The minimum Gasteiger partial charge on any atom is -0.444 e.